The SMILES string of the molecule is COc1ccc(C(=O)C(C(=O)c2ccccc2)c2ccc(C(C)(C)C)cc2)cc1. The Morgan fingerprint density at radius 3 is 1.72 bits per heavy atom. The molecular weight excluding hydrogens is 360 g/mol. The second-order valence-corrected chi connectivity index (χ2v) is 8.13. The average Bonchev–Trinajstić information content (AvgIpc) is 2.74. The van der Waals surface area contributed by atoms with Crippen LogP contribution in [-0.2, 0) is 5.41 Å². The van der Waals surface area contributed by atoms with Crippen LogP contribution in [0.5, 0.6) is 5.75 Å². The summed E-state index contributed by atoms with van der Waals surface area (Å²) in [7, 11) is 1.58. The number of methoxy groups -OCH3 is 1. The largest absolute Gasteiger partial charge is 0.497 e. The summed E-state index contributed by atoms with van der Waals surface area (Å²) in [6.45, 7) is 6.41. The second-order valence-electron chi connectivity index (χ2n) is 8.13. The number of carbonyl (C=O) groups excluding carboxylic acids is 2. The molecule has 0 saturated carbocycles. The van der Waals surface area contributed by atoms with Gasteiger partial charge in [-0.15, -0.1) is 0 Å². The fourth-order valence-electron chi connectivity index (χ4n) is 3.29. The van der Waals surface area contributed by atoms with Gasteiger partial charge in [0.2, 0.25) is 0 Å². The molecule has 29 heavy (non-hydrogen) atoms. The van der Waals surface area contributed by atoms with Gasteiger partial charge in [-0.3, -0.25) is 9.59 Å². The molecule has 0 saturated heterocycles. The molecule has 1 atom stereocenters. The van der Waals surface area contributed by atoms with Crippen molar-refractivity contribution in [3.8, 4) is 5.75 Å². The van der Waals surface area contributed by atoms with Crippen molar-refractivity contribution in [3.05, 3.63) is 101 Å². The molecule has 3 aromatic carbocycles. The third-order valence-electron chi connectivity index (χ3n) is 5.07. The number of ketones is 2. The average molecular weight is 386 g/mol. The third-order valence-corrected chi connectivity index (χ3v) is 5.07. The van der Waals surface area contributed by atoms with E-state index in [1.807, 2.05) is 42.5 Å². The van der Waals surface area contributed by atoms with E-state index < -0.39 is 5.92 Å². The Kier molecular flexibility index (Phi) is 5.97. The number of rotatable bonds is 6. The fraction of sp³-hybridized carbons (Fsp3) is 0.231. The highest BCUT2D eigenvalue weighted by atomic mass is 16.5. The third kappa shape index (κ3) is 4.62. The van der Waals surface area contributed by atoms with Gasteiger partial charge in [-0.1, -0.05) is 75.4 Å². The summed E-state index contributed by atoms with van der Waals surface area (Å²) in [5, 5.41) is 0. The number of Topliss-reactive ketones (excluding diaryl/α,β-unsaturated/α-hetero) is 2. The minimum absolute atomic E-state index is 0.00252. The van der Waals surface area contributed by atoms with Gasteiger partial charge in [-0.25, -0.2) is 0 Å². The molecule has 0 spiro atoms. The maximum atomic E-state index is 13.4. The Bertz CT molecular complexity index is 979. The lowest BCUT2D eigenvalue weighted by Crippen LogP contribution is -2.23. The standard InChI is InChI=1S/C26H26O3/c1-26(2,3)21-14-10-18(11-15-21)23(24(27)19-8-6-5-7-9-19)25(28)20-12-16-22(29-4)17-13-20/h5-17,23H,1-4H3. The van der Waals surface area contributed by atoms with Gasteiger partial charge < -0.3 is 4.74 Å². The highest BCUT2D eigenvalue weighted by molar-refractivity contribution is 6.20. The molecule has 0 fully saturated rings. The maximum absolute atomic E-state index is 13.4. The van der Waals surface area contributed by atoms with Crippen molar-refractivity contribution in [1.82, 2.24) is 0 Å². The summed E-state index contributed by atoms with van der Waals surface area (Å²) < 4.78 is 5.18. The lowest BCUT2D eigenvalue weighted by molar-refractivity contribution is 0.0860. The first-order valence-electron chi connectivity index (χ1n) is 9.69. The van der Waals surface area contributed by atoms with E-state index in [0.717, 1.165) is 5.56 Å². The molecule has 0 amide bonds. The van der Waals surface area contributed by atoms with Crippen molar-refractivity contribution in [2.24, 2.45) is 0 Å². The summed E-state index contributed by atoms with van der Waals surface area (Å²) in [6.07, 6.45) is 0. The molecule has 0 aliphatic rings. The van der Waals surface area contributed by atoms with E-state index in [2.05, 4.69) is 20.8 Å². The van der Waals surface area contributed by atoms with E-state index in [0.29, 0.717) is 22.4 Å². The lowest BCUT2D eigenvalue weighted by atomic mass is 9.81. The van der Waals surface area contributed by atoms with Gasteiger partial charge in [0.05, 0.1) is 7.11 Å². The number of hydrogen-bond donors (Lipinski definition) is 0. The Balaban J connectivity index is 2.03. The molecule has 0 N–H and O–H groups in total. The summed E-state index contributed by atoms with van der Waals surface area (Å²) in [5.74, 6) is -0.637. The van der Waals surface area contributed by atoms with Crippen molar-refractivity contribution in [2.75, 3.05) is 7.11 Å². The molecule has 0 aromatic heterocycles. The first-order chi connectivity index (χ1) is 13.8. The van der Waals surface area contributed by atoms with Gasteiger partial charge in [-0.2, -0.15) is 0 Å². The van der Waals surface area contributed by atoms with Crippen molar-refractivity contribution < 1.29 is 14.3 Å². The van der Waals surface area contributed by atoms with Gasteiger partial charge in [0.25, 0.3) is 0 Å². The molecule has 3 nitrogen and oxygen atoms in total. The van der Waals surface area contributed by atoms with Crippen molar-refractivity contribution >= 4 is 11.6 Å². The smallest absolute Gasteiger partial charge is 0.178 e. The van der Waals surface area contributed by atoms with Gasteiger partial charge in [0, 0.05) is 11.1 Å². The molecule has 3 heteroatoms. The zero-order chi connectivity index (χ0) is 21.0. The van der Waals surface area contributed by atoms with Crippen LogP contribution in [0.3, 0.4) is 0 Å². The molecular formula is C26H26O3. The van der Waals surface area contributed by atoms with E-state index in [4.69, 9.17) is 4.74 Å². The molecule has 0 aliphatic heterocycles. The van der Waals surface area contributed by atoms with Crippen LogP contribution < -0.4 is 4.74 Å². The molecule has 3 aromatic rings. The van der Waals surface area contributed by atoms with Gasteiger partial charge in [0.15, 0.2) is 11.6 Å². The van der Waals surface area contributed by atoms with E-state index in [9.17, 15) is 9.59 Å². The van der Waals surface area contributed by atoms with Gasteiger partial charge >= 0.3 is 0 Å². The number of ether oxygens (including phenoxy) is 1. The van der Waals surface area contributed by atoms with E-state index in [-0.39, 0.29) is 17.0 Å². The Labute approximate surface area is 172 Å². The maximum Gasteiger partial charge on any atom is 0.178 e. The van der Waals surface area contributed by atoms with Crippen LogP contribution >= 0.6 is 0 Å². The number of benzene rings is 3. The first kappa shape index (κ1) is 20.5. The van der Waals surface area contributed by atoms with Crippen LogP contribution in [0.1, 0.15) is 58.5 Å². The molecule has 0 heterocycles. The summed E-state index contributed by atoms with van der Waals surface area (Å²) in [5.41, 5.74) is 2.87. The highest BCUT2D eigenvalue weighted by Gasteiger charge is 2.30. The summed E-state index contributed by atoms with van der Waals surface area (Å²) >= 11 is 0. The van der Waals surface area contributed by atoms with Crippen LogP contribution in [0.25, 0.3) is 0 Å². The van der Waals surface area contributed by atoms with Gasteiger partial charge in [-0.05, 0) is 40.8 Å². The lowest BCUT2D eigenvalue weighted by Gasteiger charge is -2.21. The molecule has 1 unspecified atom stereocenters. The molecule has 0 radical (unpaired) electrons. The van der Waals surface area contributed by atoms with E-state index in [1.165, 1.54) is 0 Å². The normalized spacial score (nSPS) is 12.3. The van der Waals surface area contributed by atoms with Crippen LogP contribution in [0.4, 0.5) is 0 Å². The van der Waals surface area contributed by atoms with Crippen LogP contribution in [0.15, 0.2) is 78.9 Å². The zero-order valence-corrected chi connectivity index (χ0v) is 17.3. The topological polar surface area (TPSA) is 43.4 Å². The first-order valence-corrected chi connectivity index (χ1v) is 9.69. The minimum Gasteiger partial charge on any atom is -0.497 e. The monoisotopic (exact) mass is 386 g/mol. The van der Waals surface area contributed by atoms with E-state index in [1.54, 1.807) is 43.5 Å². The number of hydrogen-bond acceptors (Lipinski definition) is 3. The Hall–Kier alpha value is -3.20. The van der Waals surface area contributed by atoms with Crippen LogP contribution in [0.2, 0.25) is 0 Å². The summed E-state index contributed by atoms with van der Waals surface area (Å²) in [4.78, 5) is 26.7. The molecule has 148 valence electrons. The van der Waals surface area contributed by atoms with Gasteiger partial charge in [0.1, 0.15) is 11.7 Å². The predicted octanol–water partition coefficient (Wildman–Crippen LogP) is 5.84. The highest BCUT2D eigenvalue weighted by Crippen LogP contribution is 2.29. The van der Waals surface area contributed by atoms with Crippen molar-refractivity contribution in [2.45, 2.75) is 32.1 Å². The molecule has 3 rings (SSSR count). The molecule has 0 bridgehead atoms. The van der Waals surface area contributed by atoms with E-state index >= 15 is 0 Å². The van der Waals surface area contributed by atoms with Crippen LogP contribution in [-0.4, -0.2) is 18.7 Å². The predicted molar refractivity (Wildman–Crippen MR) is 116 cm³/mol. The second kappa shape index (κ2) is 8.44. The number of carbonyl (C=O) groups is 2. The Morgan fingerprint density at radius 1 is 0.724 bits per heavy atom. The van der Waals surface area contributed by atoms with Crippen LogP contribution in [0, 0.1) is 0 Å². The Morgan fingerprint density at radius 2 is 1.24 bits per heavy atom. The van der Waals surface area contributed by atoms with Crippen molar-refractivity contribution in [1.29, 1.82) is 0 Å². The zero-order valence-electron chi connectivity index (χ0n) is 17.3. The van der Waals surface area contributed by atoms with Crippen molar-refractivity contribution in [3.63, 3.8) is 0 Å². The quantitative estimate of drug-likeness (QED) is 0.395. The molecule has 0 aliphatic carbocycles. The summed E-state index contributed by atoms with van der Waals surface area (Å²) in [6, 6.07) is 23.7. The minimum atomic E-state index is -0.889. The fourth-order valence-corrected chi connectivity index (χ4v) is 3.29.